The predicted octanol–water partition coefficient (Wildman–Crippen LogP) is 2.82. The van der Waals surface area contributed by atoms with Crippen molar-refractivity contribution in [3.8, 4) is 0 Å². The van der Waals surface area contributed by atoms with Crippen LogP contribution in [0.3, 0.4) is 0 Å². The van der Waals surface area contributed by atoms with Gasteiger partial charge in [0.15, 0.2) is 0 Å². The molecule has 28 heavy (non-hydrogen) atoms. The van der Waals surface area contributed by atoms with Gasteiger partial charge in [0.2, 0.25) is 0 Å². The van der Waals surface area contributed by atoms with Crippen LogP contribution in [0.2, 0.25) is 0 Å². The van der Waals surface area contributed by atoms with Gasteiger partial charge in [-0.05, 0) is 32.8 Å². The topological polar surface area (TPSA) is 99.5 Å². The summed E-state index contributed by atoms with van der Waals surface area (Å²) in [7, 11) is 0. The molecule has 1 atom stereocenters. The van der Waals surface area contributed by atoms with E-state index in [1.807, 2.05) is 30.3 Å². The number of nitrogens with zero attached hydrogens (tertiary/aromatic N) is 2. The molecule has 1 aliphatic rings. The van der Waals surface area contributed by atoms with Gasteiger partial charge in [-0.1, -0.05) is 30.3 Å². The number of carbonyl (C=O) groups is 2. The number of rotatable bonds is 4. The van der Waals surface area contributed by atoms with Gasteiger partial charge in [0.1, 0.15) is 29.8 Å². The van der Waals surface area contributed by atoms with Crippen molar-refractivity contribution in [2.24, 2.45) is 0 Å². The van der Waals surface area contributed by atoms with E-state index in [9.17, 15) is 14.4 Å². The Hall–Kier alpha value is -3.16. The number of ether oxygens (including phenoxy) is 2. The standard InChI is InChI=1S/C20H23N3O5/c1-20(2,3)28-18(25)15-9-10-16-21-11-14(17(24)23(15)16)22-19(26)27-12-13-7-5-4-6-8-13/h4-8,11,15H,9-10,12H2,1-3H3,(H,22,26)/t15-/m0/s1. The van der Waals surface area contributed by atoms with Crippen LogP contribution in [0.4, 0.5) is 10.5 Å². The summed E-state index contributed by atoms with van der Waals surface area (Å²) in [6.45, 7) is 5.38. The van der Waals surface area contributed by atoms with Crippen LogP contribution in [0.25, 0.3) is 0 Å². The molecule has 8 nitrogen and oxygen atoms in total. The summed E-state index contributed by atoms with van der Waals surface area (Å²) in [5, 5.41) is 2.41. The summed E-state index contributed by atoms with van der Waals surface area (Å²) in [6, 6.07) is 8.43. The first-order valence-electron chi connectivity index (χ1n) is 9.05. The molecule has 0 fully saturated rings. The molecule has 8 heteroatoms. The monoisotopic (exact) mass is 385 g/mol. The maximum atomic E-state index is 12.8. The summed E-state index contributed by atoms with van der Waals surface area (Å²) < 4.78 is 11.8. The molecule has 0 saturated heterocycles. The number of anilines is 1. The van der Waals surface area contributed by atoms with Crippen molar-refractivity contribution in [1.82, 2.24) is 9.55 Å². The molecule has 0 unspecified atom stereocenters. The Bertz CT molecular complexity index is 931. The minimum absolute atomic E-state index is 0.0442. The summed E-state index contributed by atoms with van der Waals surface area (Å²) in [5.41, 5.74) is -0.382. The first kappa shape index (κ1) is 19.6. The minimum Gasteiger partial charge on any atom is -0.458 e. The fraction of sp³-hybridized carbons (Fsp3) is 0.400. The van der Waals surface area contributed by atoms with E-state index in [2.05, 4.69) is 10.3 Å². The molecule has 1 aromatic carbocycles. The number of nitrogens with one attached hydrogen (secondary N) is 1. The summed E-state index contributed by atoms with van der Waals surface area (Å²) >= 11 is 0. The predicted molar refractivity (Wildman–Crippen MR) is 102 cm³/mol. The Balaban J connectivity index is 1.72. The van der Waals surface area contributed by atoms with Gasteiger partial charge >= 0.3 is 12.1 Å². The lowest BCUT2D eigenvalue weighted by molar-refractivity contribution is -0.158. The molecule has 1 aliphatic heterocycles. The van der Waals surface area contributed by atoms with Crippen LogP contribution >= 0.6 is 0 Å². The van der Waals surface area contributed by atoms with Crippen LogP contribution in [-0.2, 0) is 27.3 Å². The number of benzene rings is 1. The Morgan fingerprint density at radius 3 is 2.64 bits per heavy atom. The third kappa shape index (κ3) is 4.57. The fourth-order valence-corrected chi connectivity index (χ4v) is 2.95. The van der Waals surface area contributed by atoms with Crippen LogP contribution in [0, 0.1) is 0 Å². The van der Waals surface area contributed by atoms with Crippen molar-refractivity contribution in [1.29, 1.82) is 0 Å². The van der Waals surface area contributed by atoms with Gasteiger partial charge < -0.3 is 9.47 Å². The summed E-state index contributed by atoms with van der Waals surface area (Å²) in [6.07, 6.45) is 1.43. The molecule has 0 bridgehead atoms. The van der Waals surface area contributed by atoms with E-state index in [-0.39, 0.29) is 12.3 Å². The first-order valence-corrected chi connectivity index (χ1v) is 9.05. The molecule has 0 saturated carbocycles. The van der Waals surface area contributed by atoms with Crippen molar-refractivity contribution in [2.45, 2.75) is 51.9 Å². The van der Waals surface area contributed by atoms with Crippen molar-refractivity contribution in [3.63, 3.8) is 0 Å². The number of hydrogen-bond donors (Lipinski definition) is 1. The Morgan fingerprint density at radius 2 is 1.96 bits per heavy atom. The molecule has 1 aromatic heterocycles. The lowest BCUT2D eigenvalue weighted by Crippen LogP contribution is -2.35. The van der Waals surface area contributed by atoms with Gasteiger partial charge in [-0.2, -0.15) is 0 Å². The Morgan fingerprint density at radius 1 is 1.25 bits per heavy atom. The number of fused-ring (bicyclic) bond motifs is 1. The molecule has 1 N–H and O–H groups in total. The SMILES string of the molecule is CC(C)(C)OC(=O)[C@@H]1CCc2ncc(NC(=O)OCc3ccccc3)c(=O)n21. The third-order valence-corrected chi connectivity index (χ3v) is 4.15. The molecule has 0 spiro atoms. The van der Waals surface area contributed by atoms with Gasteiger partial charge in [-0.25, -0.2) is 14.6 Å². The van der Waals surface area contributed by atoms with E-state index >= 15 is 0 Å². The van der Waals surface area contributed by atoms with E-state index < -0.39 is 29.3 Å². The second kappa shape index (κ2) is 7.84. The van der Waals surface area contributed by atoms with Gasteiger partial charge in [0.25, 0.3) is 5.56 Å². The molecular weight excluding hydrogens is 362 g/mol. The molecule has 0 aliphatic carbocycles. The second-order valence-corrected chi connectivity index (χ2v) is 7.54. The molecule has 2 aromatic rings. The quantitative estimate of drug-likeness (QED) is 0.813. The van der Waals surface area contributed by atoms with Crippen molar-refractivity contribution >= 4 is 17.7 Å². The number of amides is 1. The largest absolute Gasteiger partial charge is 0.458 e. The van der Waals surface area contributed by atoms with Gasteiger partial charge in [0.05, 0.1) is 6.20 Å². The zero-order valence-electron chi connectivity index (χ0n) is 16.1. The van der Waals surface area contributed by atoms with Gasteiger partial charge in [0, 0.05) is 6.42 Å². The molecule has 0 radical (unpaired) electrons. The van der Waals surface area contributed by atoms with E-state index in [1.54, 1.807) is 20.8 Å². The minimum atomic E-state index is -0.768. The lowest BCUT2D eigenvalue weighted by atomic mass is 10.1. The van der Waals surface area contributed by atoms with Crippen LogP contribution < -0.4 is 10.9 Å². The zero-order valence-corrected chi connectivity index (χ0v) is 16.1. The molecule has 3 rings (SSSR count). The highest BCUT2D eigenvalue weighted by atomic mass is 16.6. The number of esters is 1. The average Bonchev–Trinajstić information content (AvgIpc) is 3.07. The van der Waals surface area contributed by atoms with E-state index in [0.717, 1.165) is 5.56 Å². The number of aryl methyl sites for hydroxylation is 1. The smallest absolute Gasteiger partial charge is 0.412 e. The summed E-state index contributed by atoms with van der Waals surface area (Å²) in [4.78, 5) is 41.5. The van der Waals surface area contributed by atoms with Crippen LogP contribution in [-0.4, -0.2) is 27.2 Å². The maximum absolute atomic E-state index is 12.8. The van der Waals surface area contributed by atoms with Crippen LogP contribution in [0.15, 0.2) is 41.3 Å². The van der Waals surface area contributed by atoms with Crippen LogP contribution in [0.1, 0.15) is 44.6 Å². The highest BCUT2D eigenvalue weighted by Gasteiger charge is 2.34. The summed E-state index contributed by atoms with van der Waals surface area (Å²) in [5.74, 6) is 0.00279. The van der Waals surface area contributed by atoms with E-state index in [4.69, 9.17) is 9.47 Å². The van der Waals surface area contributed by atoms with Crippen molar-refractivity contribution < 1.29 is 19.1 Å². The highest BCUT2D eigenvalue weighted by molar-refractivity contribution is 5.84. The fourth-order valence-electron chi connectivity index (χ4n) is 2.95. The second-order valence-electron chi connectivity index (χ2n) is 7.54. The number of hydrogen-bond acceptors (Lipinski definition) is 6. The maximum Gasteiger partial charge on any atom is 0.412 e. The molecule has 2 heterocycles. The zero-order chi connectivity index (χ0) is 20.3. The van der Waals surface area contributed by atoms with E-state index in [1.165, 1.54) is 10.8 Å². The van der Waals surface area contributed by atoms with Crippen molar-refractivity contribution in [2.75, 3.05) is 5.32 Å². The first-order chi connectivity index (χ1) is 13.2. The van der Waals surface area contributed by atoms with Gasteiger partial charge in [-0.3, -0.25) is 14.7 Å². The normalized spacial score (nSPS) is 15.6. The average molecular weight is 385 g/mol. The molecular formula is C20H23N3O5. The molecule has 1 amide bonds. The molecule has 148 valence electrons. The number of carbonyl (C=O) groups excluding carboxylic acids is 2. The van der Waals surface area contributed by atoms with Gasteiger partial charge in [-0.15, -0.1) is 0 Å². The Labute approximate surface area is 162 Å². The van der Waals surface area contributed by atoms with Crippen molar-refractivity contribution in [3.05, 3.63) is 58.3 Å². The number of aromatic nitrogens is 2. The Kier molecular flexibility index (Phi) is 5.48. The lowest BCUT2D eigenvalue weighted by Gasteiger charge is -2.23. The van der Waals surface area contributed by atoms with Crippen LogP contribution in [0.5, 0.6) is 0 Å². The highest BCUT2D eigenvalue weighted by Crippen LogP contribution is 2.26. The van der Waals surface area contributed by atoms with E-state index in [0.29, 0.717) is 18.7 Å². The third-order valence-electron chi connectivity index (χ3n) is 4.15.